The lowest BCUT2D eigenvalue weighted by atomic mass is 9.94. The zero-order valence-electron chi connectivity index (χ0n) is 25.4. The molecule has 1 aliphatic heterocycles. The number of ether oxygens (including phenoxy) is 1. The first-order valence-electron chi connectivity index (χ1n) is 14.6. The second kappa shape index (κ2) is 13.2. The summed E-state index contributed by atoms with van der Waals surface area (Å²) in [5, 5.41) is 7.90. The van der Waals surface area contributed by atoms with Gasteiger partial charge in [0.05, 0.1) is 0 Å². The molecule has 5 rings (SSSR count). The summed E-state index contributed by atoms with van der Waals surface area (Å²) in [5.74, 6) is -3.06. The van der Waals surface area contributed by atoms with Gasteiger partial charge >= 0.3 is 18.3 Å². The Labute approximate surface area is 271 Å². The van der Waals surface area contributed by atoms with Crippen LogP contribution in [0.15, 0.2) is 79.4 Å². The lowest BCUT2D eigenvalue weighted by molar-refractivity contribution is -0.187. The van der Waals surface area contributed by atoms with Gasteiger partial charge in [0.25, 0.3) is 5.91 Å². The molecule has 1 heterocycles. The number of hydrogen-bond acceptors (Lipinski definition) is 6. The molecule has 0 unspecified atom stereocenters. The monoisotopic (exact) mass is 667 g/mol. The first-order valence-corrected chi connectivity index (χ1v) is 14.6. The Morgan fingerprint density at radius 1 is 0.979 bits per heavy atom. The molecule has 0 radical (unpaired) electrons. The molecule has 0 saturated carbocycles. The lowest BCUT2D eigenvalue weighted by Crippen LogP contribution is -2.51. The van der Waals surface area contributed by atoms with Gasteiger partial charge in [0.15, 0.2) is 0 Å². The van der Waals surface area contributed by atoms with E-state index >= 15 is 0 Å². The molecule has 1 spiro atoms. The van der Waals surface area contributed by atoms with Crippen molar-refractivity contribution in [3.05, 3.63) is 102 Å². The standard InChI is InChI=1S/C33H29F4N5O6/c1-3-27(43)38-23-8-10-24(11-9-23)39-30(46)40-25-12-13-26-21(16-25)14-15-32(26)29(45)42(31(47)48-32)18-28(44)41(19(2)33(35,36)37)17-20-4-6-22(34)7-5-20/h3-13,16,19H,1,14-15,17-18H2,2H3,(H,38,43)(H2,39,40,46)/t19-,32+/m0/s1. The van der Waals surface area contributed by atoms with Crippen molar-refractivity contribution >= 4 is 46.9 Å². The quantitative estimate of drug-likeness (QED) is 0.198. The van der Waals surface area contributed by atoms with Crippen molar-refractivity contribution in [2.24, 2.45) is 0 Å². The van der Waals surface area contributed by atoms with E-state index in [1.165, 1.54) is 24.3 Å². The predicted molar refractivity (Wildman–Crippen MR) is 165 cm³/mol. The van der Waals surface area contributed by atoms with Crippen LogP contribution in [0, 0.1) is 5.82 Å². The van der Waals surface area contributed by atoms with Crippen molar-refractivity contribution < 1.29 is 46.3 Å². The van der Waals surface area contributed by atoms with Gasteiger partial charge in [-0.15, -0.1) is 0 Å². The number of anilines is 3. The molecule has 3 aromatic carbocycles. The number of nitrogens with zero attached hydrogens (tertiary/aromatic N) is 2. The zero-order chi connectivity index (χ0) is 34.8. The summed E-state index contributed by atoms with van der Waals surface area (Å²) >= 11 is 0. The molecule has 1 saturated heterocycles. The maximum atomic E-state index is 13.7. The Hall–Kier alpha value is -5.73. The number of amides is 6. The highest BCUT2D eigenvalue weighted by atomic mass is 19.4. The van der Waals surface area contributed by atoms with E-state index in [0.717, 1.165) is 25.1 Å². The summed E-state index contributed by atoms with van der Waals surface area (Å²) in [4.78, 5) is 64.8. The third kappa shape index (κ3) is 6.99. The fourth-order valence-electron chi connectivity index (χ4n) is 5.48. The van der Waals surface area contributed by atoms with E-state index < -0.39 is 60.7 Å². The van der Waals surface area contributed by atoms with Gasteiger partial charge in [0.1, 0.15) is 18.4 Å². The number of carbonyl (C=O) groups excluding carboxylic acids is 5. The topological polar surface area (TPSA) is 137 Å². The van der Waals surface area contributed by atoms with Crippen molar-refractivity contribution in [2.75, 3.05) is 22.5 Å². The minimum atomic E-state index is -4.82. The van der Waals surface area contributed by atoms with Crippen LogP contribution < -0.4 is 16.0 Å². The molecule has 11 nitrogen and oxygen atoms in total. The number of aryl methyl sites for hydroxylation is 1. The molecule has 0 bridgehead atoms. The van der Waals surface area contributed by atoms with E-state index in [4.69, 9.17) is 4.74 Å². The number of fused-ring (bicyclic) bond motifs is 2. The number of carbonyl (C=O) groups is 5. The number of hydrogen-bond donors (Lipinski definition) is 3. The van der Waals surface area contributed by atoms with E-state index in [1.54, 1.807) is 30.3 Å². The predicted octanol–water partition coefficient (Wildman–Crippen LogP) is 5.69. The molecule has 1 fully saturated rings. The summed E-state index contributed by atoms with van der Waals surface area (Å²) in [6.07, 6.45) is -4.61. The van der Waals surface area contributed by atoms with Crippen LogP contribution in [0.5, 0.6) is 0 Å². The third-order valence-corrected chi connectivity index (χ3v) is 8.03. The van der Waals surface area contributed by atoms with Crippen LogP contribution in [-0.2, 0) is 37.7 Å². The minimum Gasteiger partial charge on any atom is -0.427 e. The molecule has 2 atom stereocenters. The molecule has 250 valence electrons. The number of benzene rings is 3. The fraction of sp³-hybridized carbons (Fsp3) is 0.242. The summed E-state index contributed by atoms with van der Waals surface area (Å²) in [6, 6.07) is 12.6. The Balaban J connectivity index is 1.27. The largest absolute Gasteiger partial charge is 0.427 e. The van der Waals surface area contributed by atoms with Crippen molar-refractivity contribution in [2.45, 2.75) is 44.1 Å². The number of rotatable bonds is 9. The van der Waals surface area contributed by atoms with Crippen LogP contribution in [0.3, 0.4) is 0 Å². The maximum Gasteiger partial charge on any atom is 0.418 e. The van der Waals surface area contributed by atoms with E-state index in [-0.39, 0.29) is 24.3 Å². The number of urea groups is 1. The number of alkyl halides is 3. The highest BCUT2D eigenvalue weighted by molar-refractivity contribution is 6.06. The summed E-state index contributed by atoms with van der Waals surface area (Å²) in [5.41, 5.74) is 0.624. The number of imide groups is 1. The Bertz CT molecular complexity index is 1780. The van der Waals surface area contributed by atoms with Gasteiger partial charge in [-0.3, -0.25) is 14.4 Å². The molecular formula is C33H29F4N5O6. The Kier molecular flexibility index (Phi) is 9.23. The molecule has 0 aromatic heterocycles. The fourth-order valence-corrected chi connectivity index (χ4v) is 5.48. The molecular weight excluding hydrogens is 638 g/mol. The van der Waals surface area contributed by atoms with Gasteiger partial charge in [-0.25, -0.2) is 18.9 Å². The van der Waals surface area contributed by atoms with Crippen LogP contribution in [0.4, 0.5) is 44.2 Å². The van der Waals surface area contributed by atoms with Gasteiger partial charge < -0.3 is 25.6 Å². The SMILES string of the molecule is C=CC(=O)Nc1ccc(NC(=O)Nc2ccc3c(c2)CC[C@@]32OC(=O)N(CC(=O)N(Cc3ccc(F)cc3)[C@@H](C)C(F)(F)F)C2=O)cc1. The van der Waals surface area contributed by atoms with Gasteiger partial charge in [-0.2, -0.15) is 13.2 Å². The van der Waals surface area contributed by atoms with Crippen molar-refractivity contribution in [3.63, 3.8) is 0 Å². The zero-order valence-corrected chi connectivity index (χ0v) is 25.4. The summed E-state index contributed by atoms with van der Waals surface area (Å²) < 4.78 is 60.0. The smallest absolute Gasteiger partial charge is 0.418 e. The molecule has 6 amide bonds. The number of nitrogens with one attached hydrogen (secondary N) is 3. The Morgan fingerprint density at radius 3 is 2.21 bits per heavy atom. The molecule has 2 aliphatic rings. The van der Waals surface area contributed by atoms with Gasteiger partial charge in [-0.05, 0) is 79.1 Å². The van der Waals surface area contributed by atoms with Crippen LogP contribution in [0.2, 0.25) is 0 Å². The highest BCUT2D eigenvalue weighted by Crippen LogP contribution is 2.46. The van der Waals surface area contributed by atoms with Crippen molar-refractivity contribution in [3.8, 4) is 0 Å². The lowest BCUT2D eigenvalue weighted by Gasteiger charge is -2.31. The summed E-state index contributed by atoms with van der Waals surface area (Å²) in [7, 11) is 0. The van der Waals surface area contributed by atoms with Crippen LogP contribution in [0.25, 0.3) is 0 Å². The van der Waals surface area contributed by atoms with Crippen molar-refractivity contribution in [1.82, 2.24) is 9.80 Å². The van der Waals surface area contributed by atoms with E-state index in [1.807, 2.05) is 0 Å². The average molecular weight is 668 g/mol. The average Bonchev–Trinajstić information content (AvgIpc) is 3.52. The van der Waals surface area contributed by atoms with Crippen LogP contribution in [-0.4, -0.2) is 58.4 Å². The first-order chi connectivity index (χ1) is 22.7. The van der Waals surface area contributed by atoms with Gasteiger partial charge in [-0.1, -0.05) is 24.8 Å². The van der Waals surface area contributed by atoms with Crippen molar-refractivity contribution in [1.29, 1.82) is 0 Å². The van der Waals surface area contributed by atoms with E-state index in [0.29, 0.717) is 38.0 Å². The van der Waals surface area contributed by atoms with E-state index in [2.05, 4.69) is 22.5 Å². The van der Waals surface area contributed by atoms with E-state index in [9.17, 15) is 41.5 Å². The van der Waals surface area contributed by atoms with Gasteiger partial charge in [0.2, 0.25) is 17.4 Å². The van der Waals surface area contributed by atoms with Gasteiger partial charge in [0, 0.05) is 35.6 Å². The number of halogens is 4. The molecule has 48 heavy (non-hydrogen) atoms. The molecule has 3 aromatic rings. The molecule has 3 N–H and O–H groups in total. The Morgan fingerprint density at radius 2 is 1.58 bits per heavy atom. The molecule has 1 aliphatic carbocycles. The minimum absolute atomic E-state index is 0.0141. The normalized spacial score (nSPS) is 17.4. The second-order valence-electron chi connectivity index (χ2n) is 11.2. The third-order valence-electron chi connectivity index (χ3n) is 8.03. The summed E-state index contributed by atoms with van der Waals surface area (Å²) in [6.45, 7) is 2.60. The second-order valence-corrected chi connectivity index (χ2v) is 11.2. The van der Waals surface area contributed by atoms with Crippen LogP contribution >= 0.6 is 0 Å². The van der Waals surface area contributed by atoms with Crippen LogP contribution in [0.1, 0.15) is 30.0 Å². The first kappa shape index (κ1) is 33.6. The molecule has 15 heteroatoms. The maximum absolute atomic E-state index is 13.7. The highest BCUT2D eigenvalue weighted by Gasteiger charge is 2.58.